The molecule has 20 heavy (non-hydrogen) atoms. The summed E-state index contributed by atoms with van der Waals surface area (Å²) in [5, 5.41) is 0. The van der Waals surface area contributed by atoms with E-state index in [0.717, 1.165) is 38.9 Å². The molecule has 1 atom stereocenters. The lowest BCUT2D eigenvalue weighted by atomic mass is 10.1. The largest absolute Gasteiger partial charge is 0.462 e. The van der Waals surface area contributed by atoms with Crippen molar-refractivity contribution in [2.45, 2.75) is 77.2 Å². The molecule has 0 radical (unpaired) electrons. The standard InChI is InChI=1S/C17H28O3/c1-2-3-9-14-19-15-10-7-5-4-6-8-11-16-12-13-17(18)20-16/h16H,4-15H2,1H3. The molecule has 1 heterocycles. The highest BCUT2D eigenvalue weighted by Gasteiger charge is 2.22. The Hall–Kier alpha value is -1.01. The molecule has 0 aromatic carbocycles. The monoisotopic (exact) mass is 280 g/mol. The second-order valence-corrected chi connectivity index (χ2v) is 5.35. The fraction of sp³-hybridized carbons (Fsp3) is 0.824. The second kappa shape index (κ2) is 11.8. The molecule has 0 bridgehead atoms. The maximum atomic E-state index is 10.9. The van der Waals surface area contributed by atoms with Crippen LogP contribution in [0.2, 0.25) is 0 Å². The number of hydrogen-bond acceptors (Lipinski definition) is 3. The van der Waals surface area contributed by atoms with Crippen molar-refractivity contribution in [1.82, 2.24) is 0 Å². The highest BCUT2D eigenvalue weighted by Crippen LogP contribution is 2.19. The zero-order chi connectivity index (χ0) is 14.5. The van der Waals surface area contributed by atoms with E-state index in [1.54, 1.807) is 0 Å². The molecule has 1 saturated heterocycles. The molecule has 1 fully saturated rings. The van der Waals surface area contributed by atoms with Crippen LogP contribution in [-0.4, -0.2) is 25.3 Å². The van der Waals surface area contributed by atoms with Crippen LogP contribution in [0.25, 0.3) is 0 Å². The summed E-state index contributed by atoms with van der Waals surface area (Å²) >= 11 is 0. The van der Waals surface area contributed by atoms with Gasteiger partial charge in [-0.25, -0.2) is 0 Å². The van der Waals surface area contributed by atoms with Crippen molar-refractivity contribution >= 4 is 5.97 Å². The minimum absolute atomic E-state index is 0.0140. The topological polar surface area (TPSA) is 35.5 Å². The zero-order valence-electron chi connectivity index (χ0n) is 12.8. The van der Waals surface area contributed by atoms with E-state index in [4.69, 9.17) is 9.47 Å². The highest BCUT2D eigenvalue weighted by atomic mass is 16.5. The molecule has 1 aliphatic rings. The lowest BCUT2D eigenvalue weighted by molar-refractivity contribution is -0.141. The van der Waals surface area contributed by atoms with Crippen molar-refractivity contribution in [1.29, 1.82) is 0 Å². The van der Waals surface area contributed by atoms with Gasteiger partial charge in [-0.2, -0.15) is 0 Å². The van der Waals surface area contributed by atoms with Crippen molar-refractivity contribution in [2.75, 3.05) is 13.2 Å². The number of carbonyl (C=O) groups is 1. The van der Waals surface area contributed by atoms with E-state index in [9.17, 15) is 4.79 Å². The van der Waals surface area contributed by atoms with Gasteiger partial charge in [0.1, 0.15) is 6.10 Å². The molecule has 1 unspecified atom stereocenters. The lowest BCUT2D eigenvalue weighted by Gasteiger charge is -2.08. The molecule has 0 aromatic rings. The van der Waals surface area contributed by atoms with Gasteiger partial charge in [-0.05, 0) is 32.6 Å². The van der Waals surface area contributed by atoms with Gasteiger partial charge in [0.25, 0.3) is 0 Å². The molecule has 0 aliphatic carbocycles. The number of ether oxygens (including phenoxy) is 2. The maximum absolute atomic E-state index is 10.9. The average Bonchev–Trinajstić information content (AvgIpc) is 2.86. The molecule has 0 saturated carbocycles. The first-order valence-corrected chi connectivity index (χ1v) is 7.99. The fourth-order valence-electron chi connectivity index (χ4n) is 2.42. The lowest BCUT2D eigenvalue weighted by Crippen LogP contribution is -2.06. The summed E-state index contributed by atoms with van der Waals surface area (Å²) in [6.45, 7) is 3.49. The van der Waals surface area contributed by atoms with Crippen molar-refractivity contribution in [3.63, 3.8) is 0 Å². The smallest absolute Gasteiger partial charge is 0.306 e. The molecular weight excluding hydrogens is 252 g/mol. The average molecular weight is 280 g/mol. The van der Waals surface area contributed by atoms with Gasteiger partial charge in [0.05, 0.1) is 6.61 Å². The number of carbonyl (C=O) groups excluding carboxylic acids is 1. The first-order chi connectivity index (χ1) is 9.83. The highest BCUT2D eigenvalue weighted by molar-refractivity contribution is 5.71. The first-order valence-electron chi connectivity index (χ1n) is 7.99. The van der Waals surface area contributed by atoms with E-state index in [0.29, 0.717) is 6.42 Å². The Labute approximate surface area is 123 Å². The summed E-state index contributed by atoms with van der Waals surface area (Å²) in [4.78, 5) is 10.9. The third-order valence-electron chi connectivity index (χ3n) is 3.58. The van der Waals surface area contributed by atoms with Crippen molar-refractivity contribution in [2.24, 2.45) is 0 Å². The number of rotatable bonds is 11. The van der Waals surface area contributed by atoms with Crippen LogP contribution in [0.15, 0.2) is 0 Å². The van der Waals surface area contributed by atoms with E-state index >= 15 is 0 Å². The molecule has 0 spiro atoms. The number of unbranched alkanes of at least 4 members (excludes halogenated alkanes) is 5. The summed E-state index contributed by atoms with van der Waals surface area (Å²) in [6.07, 6.45) is 11.1. The summed E-state index contributed by atoms with van der Waals surface area (Å²) in [5.74, 6) is 5.84. The third-order valence-corrected chi connectivity index (χ3v) is 3.58. The van der Waals surface area contributed by atoms with E-state index in [2.05, 4.69) is 11.8 Å². The Morgan fingerprint density at radius 3 is 2.60 bits per heavy atom. The number of hydrogen-bond donors (Lipinski definition) is 0. The van der Waals surface area contributed by atoms with Crippen LogP contribution in [0, 0.1) is 11.8 Å². The molecule has 0 aromatic heterocycles. The zero-order valence-corrected chi connectivity index (χ0v) is 12.8. The van der Waals surface area contributed by atoms with Crippen LogP contribution in [0.3, 0.4) is 0 Å². The van der Waals surface area contributed by atoms with Crippen LogP contribution < -0.4 is 0 Å². The molecular formula is C17H28O3. The SMILES string of the molecule is CC#CCCOCCCCCCCCC1CCC(=O)O1. The molecule has 1 rings (SSSR count). The van der Waals surface area contributed by atoms with Gasteiger partial charge >= 0.3 is 5.97 Å². The van der Waals surface area contributed by atoms with Gasteiger partial charge in [-0.3, -0.25) is 4.79 Å². The van der Waals surface area contributed by atoms with Gasteiger partial charge in [-0.1, -0.05) is 25.7 Å². The molecule has 3 heteroatoms. The Kier molecular flexibility index (Phi) is 10.0. The predicted octanol–water partition coefficient (Wildman–Crippen LogP) is 3.85. The molecule has 0 N–H and O–H groups in total. The second-order valence-electron chi connectivity index (χ2n) is 5.35. The normalized spacial score (nSPS) is 17.6. The Morgan fingerprint density at radius 2 is 1.90 bits per heavy atom. The summed E-state index contributed by atoms with van der Waals surface area (Å²) < 4.78 is 10.7. The predicted molar refractivity (Wildman–Crippen MR) is 80.3 cm³/mol. The Morgan fingerprint density at radius 1 is 1.15 bits per heavy atom. The Bertz CT molecular complexity index is 314. The van der Waals surface area contributed by atoms with Crippen LogP contribution >= 0.6 is 0 Å². The van der Waals surface area contributed by atoms with Gasteiger partial charge in [0.15, 0.2) is 0 Å². The summed E-state index contributed by atoms with van der Waals surface area (Å²) in [6, 6.07) is 0. The Balaban J connectivity index is 1.74. The molecule has 3 nitrogen and oxygen atoms in total. The number of cyclic esters (lactones) is 1. The van der Waals surface area contributed by atoms with Crippen LogP contribution in [-0.2, 0) is 14.3 Å². The molecule has 1 aliphatic heterocycles. The van der Waals surface area contributed by atoms with Gasteiger partial charge < -0.3 is 9.47 Å². The first kappa shape index (κ1) is 17.0. The molecule has 114 valence electrons. The van der Waals surface area contributed by atoms with E-state index < -0.39 is 0 Å². The van der Waals surface area contributed by atoms with E-state index in [-0.39, 0.29) is 12.1 Å². The van der Waals surface area contributed by atoms with Gasteiger partial charge in [-0.15, -0.1) is 11.8 Å². The van der Waals surface area contributed by atoms with Crippen LogP contribution in [0.4, 0.5) is 0 Å². The summed E-state index contributed by atoms with van der Waals surface area (Å²) in [7, 11) is 0. The quantitative estimate of drug-likeness (QED) is 0.327. The van der Waals surface area contributed by atoms with Gasteiger partial charge in [0.2, 0.25) is 0 Å². The third kappa shape index (κ3) is 8.98. The maximum Gasteiger partial charge on any atom is 0.306 e. The van der Waals surface area contributed by atoms with Crippen molar-refractivity contribution in [3.8, 4) is 11.8 Å². The minimum atomic E-state index is -0.0140. The number of esters is 1. The fourth-order valence-corrected chi connectivity index (χ4v) is 2.42. The molecule has 0 amide bonds. The van der Waals surface area contributed by atoms with Crippen molar-refractivity contribution < 1.29 is 14.3 Å². The summed E-state index contributed by atoms with van der Waals surface area (Å²) in [5.41, 5.74) is 0. The van der Waals surface area contributed by atoms with E-state index in [1.165, 1.54) is 32.1 Å². The van der Waals surface area contributed by atoms with Crippen LogP contribution in [0.5, 0.6) is 0 Å². The minimum Gasteiger partial charge on any atom is -0.462 e. The van der Waals surface area contributed by atoms with Gasteiger partial charge in [0, 0.05) is 19.4 Å². The van der Waals surface area contributed by atoms with Crippen molar-refractivity contribution in [3.05, 3.63) is 0 Å². The van der Waals surface area contributed by atoms with Crippen LogP contribution in [0.1, 0.15) is 71.1 Å². The van der Waals surface area contributed by atoms with E-state index in [1.807, 2.05) is 6.92 Å².